The Kier molecular flexibility index (Phi) is 23.5. The maximum Gasteiger partial charge on any atom is 1.00 e. The van der Waals surface area contributed by atoms with Crippen molar-refractivity contribution < 1.29 is 118 Å². The van der Waals surface area contributed by atoms with Crippen LogP contribution in [0.15, 0.2) is 0 Å². The fourth-order valence-electron chi connectivity index (χ4n) is 2.66. The van der Waals surface area contributed by atoms with Crippen LogP contribution in [0.1, 0.15) is 38.5 Å². The zero-order valence-corrected chi connectivity index (χ0v) is 22.5. The van der Waals surface area contributed by atoms with Crippen molar-refractivity contribution in [2.24, 2.45) is 0 Å². The second-order valence-corrected chi connectivity index (χ2v) is 5.90. The summed E-state index contributed by atoms with van der Waals surface area (Å²) in [6.07, 6.45) is 5.04. The minimum Gasteiger partial charge on any atom is -0.548 e. The minimum absolute atomic E-state index is 0. The summed E-state index contributed by atoms with van der Waals surface area (Å²) < 4.78 is 0. The van der Waals surface area contributed by atoms with Crippen LogP contribution in [-0.2, 0) is 14.4 Å². The van der Waals surface area contributed by atoms with Gasteiger partial charge in [0, 0.05) is 18.1 Å². The Morgan fingerprint density at radius 2 is 0.778 bits per heavy atom. The summed E-state index contributed by atoms with van der Waals surface area (Å²) in [5.74, 6) is -2.91. The van der Waals surface area contributed by atoms with Crippen molar-refractivity contribution >= 4 is 17.9 Å². The summed E-state index contributed by atoms with van der Waals surface area (Å²) in [4.78, 5) is 30.1. The van der Waals surface area contributed by atoms with Gasteiger partial charge < -0.3 is 45.7 Å². The van der Waals surface area contributed by atoms with Gasteiger partial charge in [-0.3, -0.25) is 0 Å². The summed E-state index contributed by atoms with van der Waals surface area (Å²) in [6.45, 7) is 2.45. The molecule has 3 rings (SSSR count). The molecule has 3 aliphatic rings. The number of carboxylic acids is 3. The Morgan fingerprint density at radius 3 is 0.852 bits per heavy atom. The van der Waals surface area contributed by atoms with Crippen molar-refractivity contribution in [3.05, 3.63) is 0 Å². The van der Waals surface area contributed by atoms with Crippen molar-refractivity contribution in [2.75, 3.05) is 19.6 Å². The van der Waals surface area contributed by atoms with E-state index in [9.17, 15) is 29.7 Å². The third-order valence-electron chi connectivity index (χ3n) is 4.03. The molecule has 9 nitrogen and oxygen atoms in total. The number of hydrogen-bond donors (Lipinski definition) is 3. The molecule has 0 spiro atoms. The molecule has 12 heteroatoms. The monoisotopic (exact) mass is 411 g/mol. The van der Waals surface area contributed by atoms with E-state index in [1.165, 1.54) is 0 Å². The Hall–Kier alpha value is 1.29. The Balaban J connectivity index is -0.000000303. The molecule has 3 heterocycles. The van der Waals surface area contributed by atoms with E-state index in [1.54, 1.807) is 0 Å². The van der Waals surface area contributed by atoms with Gasteiger partial charge in [0.05, 0.1) is 17.9 Å². The predicted octanol–water partition coefficient (Wildman–Crippen LogP) is -13.5. The molecule has 0 aromatic carbocycles. The zero-order chi connectivity index (χ0) is 17.9. The molecule has 138 valence electrons. The number of carboxylic acid groups (broad SMARTS) is 3. The molecule has 0 saturated carbocycles. The van der Waals surface area contributed by atoms with Crippen molar-refractivity contribution in [1.29, 1.82) is 0 Å². The Bertz CT molecular complexity index is 365. The predicted molar refractivity (Wildman–Crippen MR) is 78.1 cm³/mol. The van der Waals surface area contributed by atoms with E-state index in [4.69, 9.17) is 0 Å². The van der Waals surface area contributed by atoms with Crippen LogP contribution in [0.4, 0.5) is 0 Å². The van der Waals surface area contributed by atoms with Gasteiger partial charge in [0.1, 0.15) is 0 Å². The third-order valence-corrected chi connectivity index (χ3v) is 4.03. The van der Waals surface area contributed by atoms with E-state index < -0.39 is 17.9 Å². The zero-order valence-electron chi connectivity index (χ0n) is 16.5. The van der Waals surface area contributed by atoms with Crippen LogP contribution in [0.2, 0.25) is 0 Å². The molecular formula is C15H24N3Na3O6. The van der Waals surface area contributed by atoms with Gasteiger partial charge in [0.2, 0.25) is 0 Å². The molecule has 3 unspecified atom stereocenters. The summed E-state index contributed by atoms with van der Waals surface area (Å²) in [5, 5.41) is 38.5. The molecule has 0 aliphatic carbocycles. The first-order valence-corrected chi connectivity index (χ1v) is 8.24. The molecule has 3 aliphatic heterocycles. The summed E-state index contributed by atoms with van der Waals surface area (Å²) >= 11 is 0. The molecule has 0 radical (unpaired) electrons. The van der Waals surface area contributed by atoms with Gasteiger partial charge >= 0.3 is 88.7 Å². The standard InChI is InChI=1S/3C5H9NO2.3Na/c3*7-5(8)4-2-1-3-6-4;;;/h3*4,6H,1-3H2,(H,7,8);;;/q;;;3*+1/p-3. The van der Waals surface area contributed by atoms with Crippen LogP contribution in [0.25, 0.3) is 0 Å². The van der Waals surface area contributed by atoms with E-state index in [0.29, 0.717) is 0 Å². The maximum absolute atomic E-state index is 10.0. The second-order valence-electron chi connectivity index (χ2n) is 5.90. The topological polar surface area (TPSA) is 156 Å². The van der Waals surface area contributed by atoms with Gasteiger partial charge in [0.25, 0.3) is 0 Å². The number of nitrogens with one attached hydrogen (secondary N) is 3. The van der Waals surface area contributed by atoms with E-state index in [1.807, 2.05) is 0 Å². The smallest absolute Gasteiger partial charge is 0.548 e. The van der Waals surface area contributed by atoms with Crippen molar-refractivity contribution in [2.45, 2.75) is 56.7 Å². The minimum atomic E-state index is -0.970. The summed E-state index contributed by atoms with van der Waals surface area (Å²) in [7, 11) is 0. The van der Waals surface area contributed by atoms with Crippen LogP contribution in [0, 0.1) is 0 Å². The summed E-state index contributed by atoms with van der Waals surface area (Å²) in [5.41, 5.74) is 0. The molecule has 3 fully saturated rings. The molecular weight excluding hydrogens is 387 g/mol. The molecule has 0 amide bonds. The van der Waals surface area contributed by atoms with E-state index in [0.717, 1.165) is 58.2 Å². The van der Waals surface area contributed by atoms with E-state index >= 15 is 0 Å². The van der Waals surface area contributed by atoms with Crippen LogP contribution in [0.3, 0.4) is 0 Å². The molecule has 27 heavy (non-hydrogen) atoms. The van der Waals surface area contributed by atoms with Crippen molar-refractivity contribution in [3.63, 3.8) is 0 Å². The SMILES string of the molecule is O=C([O-])C1CCCN1.O=C([O-])C1CCCN1.O=C([O-])C1CCCN1.[Na+].[Na+].[Na+]. The van der Waals surface area contributed by atoms with E-state index in [-0.39, 0.29) is 107 Å². The van der Waals surface area contributed by atoms with Crippen LogP contribution >= 0.6 is 0 Å². The molecule has 3 atom stereocenters. The van der Waals surface area contributed by atoms with Gasteiger partial charge in [-0.05, 0) is 58.2 Å². The fraction of sp³-hybridized carbons (Fsp3) is 0.800. The molecule has 0 aromatic heterocycles. The van der Waals surface area contributed by atoms with Gasteiger partial charge in [-0.25, -0.2) is 0 Å². The van der Waals surface area contributed by atoms with Gasteiger partial charge in [0.15, 0.2) is 0 Å². The first-order chi connectivity index (χ1) is 11.4. The molecule has 0 aromatic rings. The quantitative estimate of drug-likeness (QED) is 0.384. The van der Waals surface area contributed by atoms with Crippen molar-refractivity contribution in [3.8, 4) is 0 Å². The molecule has 3 N–H and O–H groups in total. The second kappa shape index (κ2) is 19.3. The largest absolute Gasteiger partial charge is 1.00 e. The van der Waals surface area contributed by atoms with Gasteiger partial charge in [-0.1, -0.05) is 0 Å². The molecule has 0 bridgehead atoms. The normalized spacial score (nSPS) is 25.1. The molecule has 3 saturated heterocycles. The van der Waals surface area contributed by atoms with Crippen LogP contribution in [0.5, 0.6) is 0 Å². The fourth-order valence-corrected chi connectivity index (χ4v) is 2.66. The van der Waals surface area contributed by atoms with Gasteiger partial charge in [-0.2, -0.15) is 0 Å². The van der Waals surface area contributed by atoms with E-state index in [2.05, 4.69) is 16.0 Å². The first kappa shape index (κ1) is 32.9. The van der Waals surface area contributed by atoms with Crippen LogP contribution in [-0.4, -0.2) is 55.7 Å². The average Bonchev–Trinajstić information content (AvgIpc) is 3.29. The third kappa shape index (κ3) is 14.8. The number of carbonyl (C=O) groups is 3. The maximum atomic E-state index is 10.0. The van der Waals surface area contributed by atoms with Crippen molar-refractivity contribution in [1.82, 2.24) is 16.0 Å². The number of aliphatic carboxylic acids is 3. The summed E-state index contributed by atoms with van der Waals surface area (Å²) in [6, 6.07) is -1.14. The van der Waals surface area contributed by atoms with Gasteiger partial charge in [-0.15, -0.1) is 0 Å². The average molecular weight is 411 g/mol. The number of rotatable bonds is 3. The Morgan fingerprint density at radius 1 is 0.556 bits per heavy atom. The first-order valence-electron chi connectivity index (χ1n) is 8.24. The number of hydrogen-bond acceptors (Lipinski definition) is 9. The Labute approximate surface area is 226 Å². The number of carbonyl (C=O) groups excluding carboxylic acids is 3. The van der Waals surface area contributed by atoms with Crippen LogP contribution < -0.4 is 120 Å².